The van der Waals surface area contributed by atoms with Gasteiger partial charge in [-0.25, -0.2) is 28.6 Å². The van der Waals surface area contributed by atoms with Crippen molar-refractivity contribution in [2.45, 2.75) is 109 Å². The summed E-state index contributed by atoms with van der Waals surface area (Å²) >= 11 is 1.07. The Kier molecular flexibility index (Phi) is 26.8. The lowest BCUT2D eigenvalue weighted by Gasteiger charge is -2.30. The molecule has 3 rings (SSSR count). The van der Waals surface area contributed by atoms with Crippen LogP contribution >= 0.6 is 35.2 Å². The number of carbonyl (C=O) groups is 3. The molecule has 402 valence electrons. The van der Waals surface area contributed by atoms with Gasteiger partial charge in [0, 0.05) is 37.1 Å². The summed E-state index contributed by atoms with van der Waals surface area (Å²) in [5.74, 6) is -1.17. The molecule has 0 saturated carbocycles. The van der Waals surface area contributed by atoms with Gasteiger partial charge < -0.3 is 56.0 Å². The van der Waals surface area contributed by atoms with E-state index in [0.29, 0.717) is 31.4 Å². The van der Waals surface area contributed by atoms with Gasteiger partial charge in [-0.1, -0.05) is 105 Å². The maximum absolute atomic E-state index is 12.8. The molecule has 2 aromatic rings. The van der Waals surface area contributed by atoms with Crippen LogP contribution in [0, 0.1) is 5.41 Å². The number of aliphatic hydroxyl groups is 3. The number of hydrogen-bond acceptors (Lipinski definition) is 19. The number of nitrogens with zero attached hydrogens (tertiary/aromatic N) is 4. The zero-order chi connectivity index (χ0) is 53.4. The molecule has 8 unspecified atom stereocenters. The first kappa shape index (κ1) is 62.3. The quantitative estimate of drug-likeness (QED) is 0.0208. The minimum Gasteiger partial charge on any atom is -0.389 e. The molecule has 29 heteroatoms. The van der Waals surface area contributed by atoms with E-state index in [-0.39, 0.29) is 41.6 Å². The number of phosphoric acid groups is 3. The lowest BCUT2D eigenvalue weighted by Crippen LogP contribution is -2.46. The number of hydrogen-bond donors (Lipinski definition) is 10. The highest BCUT2D eigenvalue weighted by Crippen LogP contribution is 2.61. The first-order valence-corrected chi connectivity index (χ1v) is 28.1. The number of carbonyl (C=O) groups excluding carboxylic acids is 3. The number of imidazole rings is 1. The number of anilines is 1. The SMILES string of the molecule is CC/C=C/C/C=C/C/C=C/C=C/C(O)C/C=C/C/C=C/CCC(=O)SCCNC(=O)CCNC(=O)C(O)C(C)(C)COP(=O)(O)OP(=O)(O)OCC1OC(n2cnc3c(N)ncnc32)C(O)C1OP(=O)(O)O. The first-order valence-electron chi connectivity index (χ1n) is 22.6. The summed E-state index contributed by atoms with van der Waals surface area (Å²) in [6, 6.07) is 0. The number of fused-ring (bicyclic) bond motifs is 1. The third kappa shape index (κ3) is 23.4. The van der Waals surface area contributed by atoms with Gasteiger partial charge in [0.1, 0.15) is 36.3 Å². The lowest BCUT2D eigenvalue weighted by atomic mass is 9.87. The molecule has 0 bridgehead atoms. The molecule has 1 aliphatic heterocycles. The van der Waals surface area contributed by atoms with E-state index in [1.807, 2.05) is 42.5 Å². The third-order valence-electron chi connectivity index (χ3n) is 9.96. The largest absolute Gasteiger partial charge is 0.481 e. The Bertz CT molecular complexity index is 2390. The van der Waals surface area contributed by atoms with Gasteiger partial charge in [-0.3, -0.25) is 32.5 Å². The summed E-state index contributed by atoms with van der Waals surface area (Å²) in [6.07, 6.45) is 20.9. The fraction of sp³-hybridized carbons (Fsp3) is 0.535. The summed E-state index contributed by atoms with van der Waals surface area (Å²) < 4.78 is 62.4. The van der Waals surface area contributed by atoms with Crippen LogP contribution in [0.1, 0.15) is 78.4 Å². The summed E-state index contributed by atoms with van der Waals surface area (Å²) in [5, 5.41) is 36.6. The van der Waals surface area contributed by atoms with Gasteiger partial charge in [-0.2, -0.15) is 4.31 Å². The smallest absolute Gasteiger partial charge is 0.389 e. The minimum atomic E-state index is -5.59. The third-order valence-corrected chi connectivity index (χ3v) is 14.0. The Morgan fingerprint density at radius 3 is 2.26 bits per heavy atom. The van der Waals surface area contributed by atoms with Crippen molar-refractivity contribution in [3.8, 4) is 0 Å². The molecular formula is C43H66N7O18P3S. The van der Waals surface area contributed by atoms with Crippen LogP contribution in [0.15, 0.2) is 85.6 Å². The van der Waals surface area contributed by atoms with E-state index in [1.54, 1.807) is 6.08 Å². The van der Waals surface area contributed by atoms with Crippen molar-refractivity contribution < 1.29 is 85.6 Å². The van der Waals surface area contributed by atoms with E-state index in [4.69, 9.17) is 19.5 Å². The van der Waals surface area contributed by atoms with Crippen LogP contribution in [-0.2, 0) is 50.7 Å². The molecule has 2 amide bonds. The number of thioether (sulfide) groups is 1. The Morgan fingerprint density at radius 1 is 0.889 bits per heavy atom. The van der Waals surface area contributed by atoms with E-state index >= 15 is 0 Å². The second-order valence-corrected chi connectivity index (χ2v) is 21.8. The maximum Gasteiger partial charge on any atom is 0.481 e. The van der Waals surface area contributed by atoms with Crippen LogP contribution in [0.3, 0.4) is 0 Å². The van der Waals surface area contributed by atoms with Crippen molar-refractivity contribution in [1.29, 1.82) is 0 Å². The van der Waals surface area contributed by atoms with Crippen LogP contribution in [0.5, 0.6) is 0 Å². The molecule has 2 aromatic heterocycles. The average molecular weight is 1090 g/mol. The number of amides is 2. The minimum absolute atomic E-state index is 0.0256. The molecule has 0 radical (unpaired) electrons. The molecule has 11 N–H and O–H groups in total. The van der Waals surface area contributed by atoms with Crippen molar-refractivity contribution in [2.75, 3.05) is 37.8 Å². The Balaban J connectivity index is 1.30. The van der Waals surface area contributed by atoms with Crippen molar-refractivity contribution in [1.82, 2.24) is 30.2 Å². The Morgan fingerprint density at radius 2 is 1.56 bits per heavy atom. The van der Waals surface area contributed by atoms with Crippen molar-refractivity contribution in [3.63, 3.8) is 0 Å². The standard InChI is InChI=1S/C43H66N7O18P3S/c1-4-5-6-7-8-9-10-11-14-17-20-31(51)21-18-15-12-13-16-19-22-34(53)72-26-25-45-33(52)23-24-46-41(56)38(55)43(2,3)28-65-71(62,63)68-70(60,61)64-27-32-37(67-69(57,58)59)36(54)42(66-32)50-30-49-35-39(44)47-29-48-40(35)50/h5-6,8-9,11,13-18,20,29-32,36-38,42,51,54-55H,4,7,10,12,19,21-28H2,1-3H3,(H,45,52)(H,46,56)(H,60,61)(H,62,63)(H2,44,47,48)(H2,57,58,59)/b6-5+,9-8+,14-11+,16-13+,18-15+,20-17+. The maximum atomic E-state index is 12.8. The van der Waals surface area contributed by atoms with E-state index in [0.717, 1.165) is 48.2 Å². The van der Waals surface area contributed by atoms with Crippen LogP contribution in [0.4, 0.5) is 5.82 Å². The average Bonchev–Trinajstić information content (AvgIpc) is 3.87. The topological polar surface area (TPSA) is 384 Å². The summed E-state index contributed by atoms with van der Waals surface area (Å²) in [4.78, 5) is 88.4. The van der Waals surface area contributed by atoms with Gasteiger partial charge in [0.25, 0.3) is 0 Å². The van der Waals surface area contributed by atoms with E-state index in [9.17, 15) is 63.0 Å². The molecule has 1 aliphatic rings. The fourth-order valence-electron chi connectivity index (χ4n) is 6.23. The Hall–Kier alpha value is -4.04. The molecule has 25 nitrogen and oxygen atoms in total. The predicted molar refractivity (Wildman–Crippen MR) is 266 cm³/mol. The zero-order valence-electron chi connectivity index (χ0n) is 40.0. The number of nitrogens with two attached hydrogens (primary N) is 1. The van der Waals surface area contributed by atoms with Crippen molar-refractivity contribution >= 4 is 69.1 Å². The number of aromatic nitrogens is 4. The van der Waals surface area contributed by atoms with Gasteiger partial charge >= 0.3 is 23.5 Å². The lowest BCUT2D eigenvalue weighted by molar-refractivity contribution is -0.137. The van der Waals surface area contributed by atoms with E-state index in [2.05, 4.69) is 65.6 Å². The number of phosphoric ester groups is 3. The summed E-state index contributed by atoms with van der Waals surface area (Å²) in [6.45, 7) is 2.52. The molecule has 72 heavy (non-hydrogen) atoms. The molecule has 1 fully saturated rings. The monoisotopic (exact) mass is 1090 g/mol. The molecule has 0 aliphatic carbocycles. The van der Waals surface area contributed by atoms with Crippen LogP contribution in [-0.4, -0.2) is 134 Å². The van der Waals surface area contributed by atoms with E-state index < -0.39 is 90.7 Å². The van der Waals surface area contributed by atoms with Gasteiger partial charge in [-0.15, -0.1) is 0 Å². The zero-order valence-corrected chi connectivity index (χ0v) is 43.5. The van der Waals surface area contributed by atoms with Crippen molar-refractivity contribution in [3.05, 3.63) is 85.6 Å². The van der Waals surface area contributed by atoms with Crippen LogP contribution < -0.4 is 16.4 Å². The molecule has 0 spiro atoms. The van der Waals surface area contributed by atoms with Crippen molar-refractivity contribution in [2.24, 2.45) is 5.41 Å². The van der Waals surface area contributed by atoms with Gasteiger partial charge in [0.2, 0.25) is 11.8 Å². The first-order chi connectivity index (χ1) is 33.9. The summed E-state index contributed by atoms with van der Waals surface area (Å²) in [7, 11) is -16.5. The van der Waals surface area contributed by atoms with Gasteiger partial charge in [-0.05, 0) is 38.5 Å². The molecule has 8 atom stereocenters. The van der Waals surface area contributed by atoms with Gasteiger partial charge in [0.15, 0.2) is 22.8 Å². The number of nitrogen functional groups attached to an aromatic ring is 1. The van der Waals surface area contributed by atoms with Gasteiger partial charge in [0.05, 0.1) is 25.6 Å². The molecule has 0 aromatic carbocycles. The Labute approximate surface area is 421 Å². The van der Waals surface area contributed by atoms with Crippen LogP contribution in [0.2, 0.25) is 0 Å². The van der Waals surface area contributed by atoms with E-state index in [1.165, 1.54) is 13.8 Å². The summed E-state index contributed by atoms with van der Waals surface area (Å²) in [5.41, 5.74) is 4.25. The highest BCUT2D eigenvalue weighted by Gasteiger charge is 2.50. The molecule has 1 saturated heterocycles. The highest BCUT2D eigenvalue weighted by molar-refractivity contribution is 8.13. The fourth-order valence-corrected chi connectivity index (χ4v) is 9.76. The number of aliphatic hydroxyl groups excluding tert-OH is 3. The second-order valence-electron chi connectivity index (χ2n) is 16.4. The van der Waals surface area contributed by atoms with Crippen LogP contribution in [0.25, 0.3) is 11.2 Å². The molecule has 3 heterocycles. The highest BCUT2D eigenvalue weighted by atomic mass is 32.2. The number of rotatable bonds is 33. The second kappa shape index (κ2) is 31.0. The predicted octanol–water partition coefficient (Wildman–Crippen LogP) is 4.11. The number of ether oxygens (including phenoxy) is 1. The number of allylic oxidation sites excluding steroid dienone is 10. The normalized spacial score (nSPS) is 20.6. The number of nitrogens with one attached hydrogen (secondary N) is 2. The molecular weight excluding hydrogens is 1030 g/mol.